The first-order valence-electron chi connectivity index (χ1n) is 8.89. The number of hydrogen-bond acceptors (Lipinski definition) is 4. The van der Waals surface area contributed by atoms with Gasteiger partial charge >= 0.3 is 5.97 Å². The highest BCUT2D eigenvalue weighted by atomic mass is 19.1. The van der Waals surface area contributed by atoms with Gasteiger partial charge in [-0.15, -0.1) is 0 Å². The molecule has 1 saturated carbocycles. The predicted molar refractivity (Wildman–Crippen MR) is 89.8 cm³/mol. The van der Waals surface area contributed by atoms with Crippen molar-refractivity contribution >= 4 is 11.9 Å². The van der Waals surface area contributed by atoms with E-state index in [0.29, 0.717) is 31.4 Å². The van der Waals surface area contributed by atoms with Gasteiger partial charge in [-0.25, -0.2) is 18.6 Å². The number of carbonyl (C=O) groups is 2. The Morgan fingerprint density at radius 2 is 1.96 bits per heavy atom. The van der Waals surface area contributed by atoms with E-state index in [4.69, 9.17) is 4.74 Å². The van der Waals surface area contributed by atoms with Crippen LogP contribution >= 0.6 is 0 Å². The largest absolute Gasteiger partial charge is 0.447 e. The molecule has 1 unspecified atom stereocenters. The second-order valence-corrected chi connectivity index (χ2v) is 7.47. The standard InChI is InChI=1S/C20H16F2N2O3/c21-12-3-4-13(15(22)10-12)19(5-6-19)18(26)24-9-7-20(11-24)14-2-1-8-23-16(14)17(25)27-20/h1-4,8,10H,5-7,9,11H2. The van der Waals surface area contributed by atoms with Gasteiger partial charge in [0.2, 0.25) is 5.91 Å². The van der Waals surface area contributed by atoms with Crippen LogP contribution in [-0.4, -0.2) is 34.8 Å². The number of nitrogens with zero attached hydrogens (tertiary/aromatic N) is 2. The Balaban J connectivity index is 1.44. The van der Waals surface area contributed by atoms with Gasteiger partial charge in [0, 0.05) is 36.4 Å². The van der Waals surface area contributed by atoms with Crippen molar-refractivity contribution in [1.82, 2.24) is 9.88 Å². The minimum atomic E-state index is -0.941. The highest BCUT2D eigenvalue weighted by Gasteiger charge is 2.58. The van der Waals surface area contributed by atoms with E-state index in [9.17, 15) is 18.4 Å². The zero-order valence-corrected chi connectivity index (χ0v) is 14.4. The molecule has 5 nitrogen and oxygen atoms in total. The lowest BCUT2D eigenvalue weighted by Gasteiger charge is -2.26. The quantitative estimate of drug-likeness (QED) is 0.763. The summed E-state index contributed by atoms with van der Waals surface area (Å²) in [5.74, 6) is -2.04. The first-order chi connectivity index (χ1) is 13.0. The predicted octanol–water partition coefficient (Wildman–Crippen LogP) is 2.69. The summed E-state index contributed by atoms with van der Waals surface area (Å²) in [6.07, 6.45) is 3.06. The number of pyridine rings is 1. The number of rotatable bonds is 2. The van der Waals surface area contributed by atoms with Crippen LogP contribution in [0.15, 0.2) is 36.5 Å². The van der Waals surface area contributed by atoms with Crippen LogP contribution in [0.1, 0.15) is 40.9 Å². The fraction of sp³-hybridized carbons (Fsp3) is 0.350. The Morgan fingerprint density at radius 3 is 2.70 bits per heavy atom. The minimum absolute atomic E-state index is 0.196. The second-order valence-electron chi connectivity index (χ2n) is 7.47. The van der Waals surface area contributed by atoms with E-state index in [1.54, 1.807) is 17.0 Å². The molecule has 1 spiro atoms. The lowest BCUT2D eigenvalue weighted by atomic mass is 9.92. The average Bonchev–Trinajstić information content (AvgIpc) is 3.27. The summed E-state index contributed by atoms with van der Waals surface area (Å²) in [4.78, 5) is 31.1. The molecule has 1 aromatic heterocycles. The molecule has 2 aliphatic heterocycles. The van der Waals surface area contributed by atoms with E-state index < -0.39 is 28.6 Å². The number of carbonyl (C=O) groups excluding carboxylic acids is 2. The Hall–Kier alpha value is -2.83. The van der Waals surface area contributed by atoms with Crippen LogP contribution in [-0.2, 0) is 20.5 Å². The molecule has 138 valence electrons. The van der Waals surface area contributed by atoms with Crippen LogP contribution < -0.4 is 0 Å². The van der Waals surface area contributed by atoms with Gasteiger partial charge in [0.1, 0.15) is 11.6 Å². The van der Waals surface area contributed by atoms with E-state index >= 15 is 0 Å². The van der Waals surface area contributed by atoms with E-state index in [1.165, 1.54) is 18.3 Å². The average molecular weight is 370 g/mol. The summed E-state index contributed by atoms with van der Waals surface area (Å²) >= 11 is 0. The number of likely N-dealkylation sites (tertiary alicyclic amines) is 1. The maximum absolute atomic E-state index is 14.3. The Kier molecular flexibility index (Phi) is 3.24. The second kappa shape index (κ2) is 5.34. The zero-order chi connectivity index (χ0) is 18.8. The molecule has 0 radical (unpaired) electrons. The minimum Gasteiger partial charge on any atom is -0.447 e. The summed E-state index contributed by atoms with van der Waals surface area (Å²) in [5.41, 5.74) is -0.599. The van der Waals surface area contributed by atoms with Crippen LogP contribution in [0.2, 0.25) is 0 Å². The number of benzene rings is 1. The highest BCUT2D eigenvalue weighted by molar-refractivity contribution is 5.94. The van der Waals surface area contributed by atoms with Crippen molar-refractivity contribution in [3.05, 3.63) is 65.0 Å². The van der Waals surface area contributed by atoms with Crippen LogP contribution in [0.3, 0.4) is 0 Å². The summed E-state index contributed by atoms with van der Waals surface area (Å²) in [6.45, 7) is 0.631. The topological polar surface area (TPSA) is 59.5 Å². The molecular weight excluding hydrogens is 354 g/mol. The van der Waals surface area contributed by atoms with Crippen LogP contribution in [0.25, 0.3) is 0 Å². The number of aromatic nitrogens is 1. The van der Waals surface area contributed by atoms with Crippen molar-refractivity contribution in [2.75, 3.05) is 13.1 Å². The summed E-state index contributed by atoms with van der Waals surface area (Å²) in [5, 5.41) is 0. The van der Waals surface area contributed by atoms with Gasteiger partial charge in [-0.1, -0.05) is 12.1 Å². The molecule has 0 N–H and O–H groups in total. The molecule has 1 aromatic carbocycles. The zero-order valence-electron chi connectivity index (χ0n) is 14.4. The molecule has 3 aliphatic rings. The van der Waals surface area contributed by atoms with Gasteiger partial charge in [-0.2, -0.15) is 0 Å². The summed E-state index contributed by atoms with van der Waals surface area (Å²) in [7, 11) is 0. The maximum Gasteiger partial charge on any atom is 0.358 e. The number of halogens is 2. The Morgan fingerprint density at radius 1 is 1.15 bits per heavy atom. The fourth-order valence-corrected chi connectivity index (χ4v) is 4.38. The van der Waals surface area contributed by atoms with Crippen molar-refractivity contribution in [1.29, 1.82) is 0 Å². The third-order valence-corrected chi connectivity index (χ3v) is 5.91. The SMILES string of the molecule is O=C1OC2(CCN(C(=O)C3(c4ccc(F)cc4F)CC3)C2)c2cccnc21. The molecular formula is C20H16F2N2O3. The summed E-state index contributed by atoms with van der Waals surface area (Å²) in [6, 6.07) is 6.89. The molecule has 1 aliphatic carbocycles. The molecule has 3 heterocycles. The van der Waals surface area contributed by atoms with Crippen LogP contribution in [0.5, 0.6) is 0 Å². The highest BCUT2D eigenvalue weighted by Crippen LogP contribution is 2.52. The van der Waals surface area contributed by atoms with Crippen molar-refractivity contribution in [3.8, 4) is 0 Å². The van der Waals surface area contributed by atoms with E-state index in [2.05, 4.69) is 4.98 Å². The van der Waals surface area contributed by atoms with Crippen molar-refractivity contribution < 1.29 is 23.1 Å². The number of amides is 1. The number of ether oxygens (including phenoxy) is 1. The first-order valence-corrected chi connectivity index (χ1v) is 8.89. The van der Waals surface area contributed by atoms with E-state index in [0.717, 1.165) is 6.07 Å². The Labute approximate surface area is 154 Å². The van der Waals surface area contributed by atoms with E-state index in [1.807, 2.05) is 0 Å². The normalized spacial score (nSPS) is 24.8. The molecule has 1 atom stereocenters. The Bertz CT molecular complexity index is 989. The van der Waals surface area contributed by atoms with Gasteiger partial charge in [0.15, 0.2) is 11.3 Å². The smallest absolute Gasteiger partial charge is 0.358 e. The van der Waals surface area contributed by atoms with Gasteiger partial charge in [-0.05, 0) is 25.0 Å². The fourth-order valence-electron chi connectivity index (χ4n) is 4.38. The number of fused-ring (bicyclic) bond motifs is 2. The molecule has 7 heteroatoms. The van der Waals surface area contributed by atoms with Crippen LogP contribution in [0, 0.1) is 11.6 Å². The lowest BCUT2D eigenvalue weighted by Crippen LogP contribution is -2.40. The molecule has 0 bridgehead atoms. The lowest BCUT2D eigenvalue weighted by molar-refractivity contribution is -0.134. The molecule has 1 saturated heterocycles. The van der Waals surface area contributed by atoms with Crippen molar-refractivity contribution in [2.24, 2.45) is 0 Å². The van der Waals surface area contributed by atoms with Gasteiger partial charge < -0.3 is 9.64 Å². The molecule has 27 heavy (non-hydrogen) atoms. The number of esters is 1. The van der Waals surface area contributed by atoms with Gasteiger partial charge in [0.05, 0.1) is 12.0 Å². The first kappa shape index (κ1) is 16.4. The van der Waals surface area contributed by atoms with Crippen LogP contribution in [0.4, 0.5) is 8.78 Å². The number of hydrogen-bond donors (Lipinski definition) is 0. The third kappa shape index (κ3) is 2.23. The third-order valence-electron chi connectivity index (χ3n) is 5.91. The molecule has 2 aromatic rings. The monoisotopic (exact) mass is 370 g/mol. The molecule has 1 amide bonds. The van der Waals surface area contributed by atoms with Crippen molar-refractivity contribution in [2.45, 2.75) is 30.3 Å². The van der Waals surface area contributed by atoms with E-state index in [-0.39, 0.29) is 23.7 Å². The molecule has 2 fully saturated rings. The van der Waals surface area contributed by atoms with Gasteiger partial charge in [0.25, 0.3) is 0 Å². The van der Waals surface area contributed by atoms with Gasteiger partial charge in [-0.3, -0.25) is 4.79 Å². The summed E-state index contributed by atoms with van der Waals surface area (Å²) < 4.78 is 33.2. The maximum atomic E-state index is 14.3. The van der Waals surface area contributed by atoms with Crippen molar-refractivity contribution in [3.63, 3.8) is 0 Å². The molecule has 5 rings (SSSR count).